The molecule has 2 rings (SSSR count). The van der Waals surface area contributed by atoms with Crippen molar-refractivity contribution in [2.24, 2.45) is 0 Å². The van der Waals surface area contributed by atoms with Crippen molar-refractivity contribution in [3.63, 3.8) is 0 Å². The zero-order chi connectivity index (χ0) is 15.3. The largest absolute Gasteiger partial charge is 0.313 e. The van der Waals surface area contributed by atoms with Crippen LogP contribution in [-0.2, 0) is 16.6 Å². The summed E-state index contributed by atoms with van der Waals surface area (Å²) >= 11 is 0. The molecule has 6 heteroatoms. The van der Waals surface area contributed by atoms with Gasteiger partial charge in [0.25, 0.3) is 0 Å². The molecule has 0 aliphatic heterocycles. The lowest BCUT2D eigenvalue weighted by Crippen LogP contribution is -2.24. The van der Waals surface area contributed by atoms with Crippen LogP contribution in [0.1, 0.15) is 24.2 Å². The molecule has 0 fully saturated rings. The van der Waals surface area contributed by atoms with E-state index in [0.29, 0.717) is 5.69 Å². The smallest absolute Gasteiger partial charge is 0.240 e. The quantitative estimate of drug-likeness (QED) is 0.854. The van der Waals surface area contributed by atoms with Gasteiger partial charge in [0.2, 0.25) is 10.0 Å². The van der Waals surface area contributed by atoms with Gasteiger partial charge < -0.3 is 5.32 Å². The molecule has 0 radical (unpaired) electrons. The van der Waals surface area contributed by atoms with Crippen LogP contribution in [0.4, 0.5) is 0 Å². The number of sulfonamides is 1. The van der Waals surface area contributed by atoms with Gasteiger partial charge >= 0.3 is 0 Å². The second-order valence-corrected chi connectivity index (χ2v) is 6.50. The molecule has 5 nitrogen and oxygen atoms in total. The number of benzene rings is 1. The van der Waals surface area contributed by atoms with E-state index in [-0.39, 0.29) is 17.5 Å². The third kappa shape index (κ3) is 4.10. The summed E-state index contributed by atoms with van der Waals surface area (Å²) in [5, 5.41) is 3.09. The van der Waals surface area contributed by atoms with E-state index in [1.807, 2.05) is 26.1 Å². The summed E-state index contributed by atoms with van der Waals surface area (Å²) in [5.74, 6) is 0. The maximum absolute atomic E-state index is 12.3. The van der Waals surface area contributed by atoms with E-state index >= 15 is 0 Å². The van der Waals surface area contributed by atoms with Crippen LogP contribution in [0, 0.1) is 0 Å². The molecule has 0 spiro atoms. The van der Waals surface area contributed by atoms with Gasteiger partial charge in [-0.15, -0.1) is 0 Å². The Labute approximate surface area is 125 Å². The highest BCUT2D eigenvalue weighted by Gasteiger charge is 2.15. The van der Waals surface area contributed by atoms with Gasteiger partial charge in [0.05, 0.1) is 17.1 Å². The number of hydrogen-bond acceptors (Lipinski definition) is 4. The van der Waals surface area contributed by atoms with Crippen LogP contribution in [0.25, 0.3) is 0 Å². The van der Waals surface area contributed by atoms with Crippen LogP contribution in [-0.4, -0.2) is 20.4 Å². The molecule has 112 valence electrons. The van der Waals surface area contributed by atoms with E-state index in [0.717, 1.165) is 5.56 Å². The van der Waals surface area contributed by atoms with Crippen LogP contribution in [0.15, 0.2) is 53.6 Å². The number of rotatable bonds is 6. The number of pyridine rings is 1. The lowest BCUT2D eigenvalue weighted by molar-refractivity contribution is 0.579. The predicted molar refractivity (Wildman–Crippen MR) is 82.2 cm³/mol. The molecular formula is C15H19N3O2S. The van der Waals surface area contributed by atoms with E-state index in [9.17, 15) is 8.42 Å². The Bertz CT molecular complexity index is 687. The summed E-state index contributed by atoms with van der Waals surface area (Å²) in [6, 6.07) is 12.4. The highest BCUT2D eigenvalue weighted by Crippen LogP contribution is 2.17. The zero-order valence-electron chi connectivity index (χ0n) is 12.1. The molecule has 1 aromatic heterocycles. The maximum Gasteiger partial charge on any atom is 0.240 e. The minimum atomic E-state index is -3.54. The van der Waals surface area contributed by atoms with Gasteiger partial charge in [-0.2, -0.15) is 0 Å². The van der Waals surface area contributed by atoms with Crippen LogP contribution in [0.3, 0.4) is 0 Å². The lowest BCUT2D eigenvalue weighted by Gasteiger charge is -2.12. The van der Waals surface area contributed by atoms with Gasteiger partial charge in [0, 0.05) is 12.2 Å². The molecule has 0 aliphatic carbocycles. The first kappa shape index (κ1) is 15.6. The highest BCUT2D eigenvalue weighted by molar-refractivity contribution is 7.89. The van der Waals surface area contributed by atoms with Crippen molar-refractivity contribution in [3.8, 4) is 0 Å². The van der Waals surface area contributed by atoms with E-state index < -0.39 is 10.0 Å². The molecule has 0 amide bonds. The van der Waals surface area contributed by atoms with Crippen molar-refractivity contribution in [1.29, 1.82) is 0 Å². The average Bonchev–Trinajstić information content (AvgIpc) is 2.53. The van der Waals surface area contributed by atoms with Gasteiger partial charge in [-0.1, -0.05) is 18.2 Å². The van der Waals surface area contributed by atoms with Gasteiger partial charge in [-0.05, 0) is 43.8 Å². The van der Waals surface area contributed by atoms with Gasteiger partial charge in [0.15, 0.2) is 0 Å². The SMILES string of the molecule is CNC(C)c1cccc(S(=O)(=O)NCc2ccccn2)c1. The Kier molecular flexibility index (Phi) is 5.06. The molecule has 0 bridgehead atoms. The van der Waals surface area contributed by atoms with Crippen molar-refractivity contribution in [2.45, 2.75) is 24.4 Å². The molecule has 1 heterocycles. The molecule has 21 heavy (non-hydrogen) atoms. The van der Waals surface area contributed by atoms with Crippen LogP contribution in [0.5, 0.6) is 0 Å². The standard InChI is InChI=1S/C15H19N3O2S/c1-12(16-2)13-6-5-8-15(10-13)21(19,20)18-11-14-7-3-4-9-17-14/h3-10,12,16,18H,11H2,1-2H3. The monoisotopic (exact) mass is 305 g/mol. The molecule has 1 aromatic carbocycles. The van der Waals surface area contributed by atoms with Crippen molar-refractivity contribution in [1.82, 2.24) is 15.0 Å². The van der Waals surface area contributed by atoms with Gasteiger partial charge in [-0.3, -0.25) is 4.98 Å². The molecule has 0 saturated carbocycles. The number of nitrogens with one attached hydrogen (secondary N) is 2. The fourth-order valence-electron chi connectivity index (χ4n) is 1.87. The topological polar surface area (TPSA) is 71.1 Å². The van der Waals surface area contributed by atoms with Crippen molar-refractivity contribution in [3.05, 3.63) is 59.9 Å². The van der Waals surface area contributed by atoms with E-state index in [2.05, 4.69) is 15.0 Å². The Hall–Kier alpha value is -1.76. The third-order valence-corrected chi connectivity index (χ3v) is 4.67. The first-order valence-corrected chi connectivity index (χ1v) is 8.18. The van der Waals surface area contributed by atoms with E-state index in [1.165, 1.54) is 0 Å². The Morgan fingerprint density at radius 1 is 1.19 bits per heavy atom. The first-order valence-electron chi connectivity index (χ1n) is 6.70. The summed E-state index contributed by atoms with van der Waals surface area (Å²) in [4.78, 5) is 4.36. The maximum atomic E-state index is 12.3. The van der Waals surface area contributed by atoms with E-state index in [4.69, 9.17) is 0 Å². The second-order valence-electron chi connectivity index (χ2n) is 4.73. The summed E-state index contributed by atoms with van der Waals surface area (Å²) in [7, 11) is -1.70. The Morgan fingerprint density at radius 3 is 2.67 bits per heavy atom. The normalized spacial score (nSPS) is 13.0. The molecule has 2 aromatic rings. The molecular weight excluding hydrogens is 286 g/mol. The Balaban J connectivity index is 2.16. The van der Waals surface area contributed by atoms with Gasteiger partial charge in [0.1, 0.15) is 0 Å². The molecule has 2 N–H and O–H groups in total. The lowest BCUT2D eigenvalue weighted by atomic mass is 10.1. The van der Waals surface area contributed by atoms with Gasteiger partial charge in [-0.25, -0.2) is 13.1 Å². The highest BCUT2D eigenvalue weighted by atomic mass is 32.2. The van der Waals surface area contributed by atoms with Crippen LogP contribution < -0.4 is 10.0 Å². The average molecular weight is 305 g/mol. The molecule has 0 aliphatic rings. The first-order chi connectivity index (χ1) is 10.0. The van der Waals surface area contributed by atoms with Crippen molar-refractivity contribution < 1.29 is 8.42 Å². The summed E-state index contributed by atoms with van der Waals surface area (Å²) in [6.45, 7) is 2.15. The summed E-state index contributed by atoms with van der Waals surface area (Å²) in [6.07, 6.45) is 1.64. The van der Waals surface area contributed by atoms with Crippen molar-refractivity contribution in [2.75, 3.05) is 7.05 Å². The Morgan fingerprint density at radius 2 is 2.00 bits per heavy atom. The number of hydrogen-bond donors (Lipinski definition) is 2. The fraction of sp³-hybridized carbons (Fsp3) is 0.267. The third-order valence-electron chi connectivity index (χ3n) is 3.27. The van der Waals surface area contributed by atoms with Crippen LogP contribution >= 0.6 is 0 Å². The minimum Gasteiger partial charge on any atom is -0.313 e. The van der Waals surface area contributed by atoms with Crippen LogP contribution in [0.2, 0.25) is 0 Å². The molecule has 0 saturated heterocycles. The predicted octanol–water partition coefficient (Wildman–Crippen LogP) is 1.84. The van der Waals surface area contributed by atoms with E-state index in [1.54, 1.807) is 36.5 Å². The zero-order valence-corrected chi connectivity index (χ0v) is 12.9. The summed E-state index contributed by atoms with van der Waals surface area (Å²) < 4.78 is 27.2. The van der Waals surface area contributed by atoms with Crippen molar-refractivity contribution >= 4 is 10.0 Å². The fourth-order valence-corrected chi connectivity index (χ4v) is 2.93. The number of aromatic nitrogens is 1. The molecule has 1 atom stereocenters. The number of nitrogens with zero attached hydrogens (tertiary/aromatic N) is 1. The minimum absolute atomic E-state index is 0.0935. The second kappa shape index (κ2) is 6.80. The molecule has 1 unspecified atom stereocenters. The summed E-state index contributed by atoms with van der Waals surface area (Å²) in [5.41, 5.74) is 1.61.